The maximum absolute atomic E-state index is 4.77. The van der Waals surface area contributed by atoms with E-state index >= 15 is 0 Å². The number of hydrogen-bond acceptors (Lipinski definition) is 1. The highest BCUT2D eigenvalue weighted by Gasteiger charge is 1.87. The molecule has 2 nitrogen and oxygen atoms in total. The second kappa shape index (κ2) is 4.84. The third kappa shape index (κ3) is 3.87. The molecular weight excluding hydrogens is 120 g/mol. The van der Waals surface area contributed by atoms with Gasteiger partial charge in [-0.25, -0.2) is 0 Å². The molecule has 0 atom stereocenters. The van der Waals surface area contributed by atoms with Crippen LogP contribution in [-0.4, -0.2) is 18.2 Å². The predicted molar refractivity (Wildman–Crippen MR) is 38.9 cm³/mol. The second-order valence-electron chi connectivity index (χ2n) is 1.31. The quantitative estimate of drug-likeness (QED) is 0.552. The molecule has 0 aromatic carbocycles. The Kier molecular flexibility index (Phi) is 4.65. The Bertz CT molecular complexity index is 64.8. The fourth-order valence-electron chi connectivity index (χ4n) is 0.351. The van der Waals surface area contributed by atoms with Crippen molar-refractivity contribution in [2.75, 3.05) is 13.1 Å². The van der Waals surface area contributed by atoms with E-state index in [0.717, 1.165) is 13.1 Å². The van der Waals surface area contributed by atoms with E-state index in [1.54, 1.807) is 0 Å². The molecule has 0 amide bonds. The van der Waals surface area contributed by atoms with E-state index in [4.69, 9.17) is 12.2 Å². The van der Waals surface area contributed by atoms with Gasteiger partial charge in [0.1, 0.15) is 0 Å². The van der Waals surface area contributed by atoms with Gasteiger partial charge in [0.25, 0.3) is 0 Å². The molecule has 0 aliphatic rings. The lowest BCUT2D eigenvalue weighted by Gasteiger charge is -2.00. The van der Waals surface area contributed by atoms with Crippen molar-refractivity contribution in [2.24, 2.45) is 0 Å². The van der Waals surface area contributed by atoms with Crippen LogP contribution in [0.25, 0.3) is 0 Å². The van der Waals surface area contributed by atoms with E-state index in [9.17, 15) is 0 Å². The summed E-state index contributed by atoms with van der Waals surface area (Å²) in [6, 6.07) is 0. The van der Waals surface area contributed by atoms with Crippen LogP contribution < -0.4 is 10.6 Å². The summed E-state index contributed by atoms with van der Waals surface area (Å²) in [5, 5.41) is 7.47. The molecule has 1 radical (unpaired) electrons. The molecule has 0 aromatic rings. The third-order valence-electron chi connectivity index (χ3n) is 0.630. The molecule has 0 aromatic heterocycles. The zero-order chi connectivity index (χ0) is 6.41. The molecule has 0 unspecified atom stereocenters. The summed E-state index contributed by atoms with van der Waals surface area (Å²) < 4.78 is 0. The average molecular weight is 131 g/mol. The fraction of sp³-hybridized carbons (Fsp3) is 0.800. The van der Waals surface area contributed by atoms with Crippen molar-refractivity contribution >= 4 is 17.3 Å². The number of nitrogens with zero attached hydrogens (tertiary/aromatic N) is 1. The van der Waals surface area contributed by atoms with Crippen molar-refractivity contribution in [3.05, 3.63) is 0 Å². The van der Waals surface area contributed by atoms with Crippen molar-refractivity contribution in [1.82, 2.24) is 10.6 Å². The summed E-state index contributed by atoms with van der Waals surface area (Å²) in [6.45, 7) is 5.59. The molecule has 0 aliphatic carbocycles. The molecular formula is C5H11N2S. The number of nitrogens with one attached hydrogen (secondary N) is 1. The molecule has 0 rings (SSSR count). The molecule has 1 N–H and O–H groups in total. The van der Waals surface area contributed by atoms with Gasteiger partial charge in [-0.15, -0.1) is 0 Å². The van der Waals surface area contributed by atoms with Gasteiger partial charge < -0.3 is 5.32 Å². The molecule has 0 saturated carbocycles. The molecule has 8 heavy (non-hydrogen) atoms. The molecule has 0 spiro atoms. The van der Waals surface area contributed by atoms with Gasteiger partial charge in [0, 0.05) is 13.1 Å². The van der Waals surface area contributed by atoms with Crippen molar-refractivity contribution in [3.63, 3.8) is 0 Å². The maximum atomic E-state index is 4.77. The van der Waals surface area contributed by atoms with E-state index in [0.29, 0.717) is 5.11 Å². The first-order valence-corrected chi connectivity index (χ1v) is 3.17. The van der Waals surface area contributed by atoms with Gasteiger partial charge in [0.15, 0.2) is 5.11 Å². The lowest BCUT2D eigenvalue weighted by atomic mass is 10.7. The molecule has 47 valence electrons. The van der Waals surface area contributed by atoms with Gasteiger partial charge in [0.05, 0.1) is 0 Å². The molecule has 0 fully saturated rings. The topological polar surface area (TPSA) is 26.1 Å². The number of rotatable bonds is 2. The van der Waals surface area contributed by atoms with Crippen LogP contribution in [0.5, 0.6) is 0 Å². The van der Waals surface area contributed by atoms with Crippen LogP contribution >= 0.6 is 12.2 Å². The van der Waals surface area contributed by atoms with E-state index in [1.807, 2.05) is 13.8 Å². The van der Waals surface area contributed by atoms with Crippen LogP contribution in [0, 0.1) is 0 Å². The third-order valence-corrected chi connectivity index (χ3v) is 0.903. The minimum Gasteiger partial charge on any atom is -0.361 e. The highest BCUT2D eigenvalue weighted by Crippen LogP contribution is 1.66. The van der Waals surface area contributed by atoms with Crippen molar-refractivity contribution in [2.45, 2.75) is 13.8 Å². The van der Waals surface area contributed by atoms with E-state index < -0.39 is 0 Å². The monoisotopic (exact) mass is 131 g/mol. The Morgan fingerprint density at radius 3 is 2.62 bits per heavy atom. The van der Waals surface area contributed by atoms with Crippen molar-refractivity contribution in [1.29, 1.82) is 0 Å². The molecule has 0 heterocycles. The summed E-state index contributed by atoms with van der Waals surface area (Å²) in [7, 11) is 0. The van der Waals surface area contributed by atoms with Crippen LogP contribution in [0.15, 0.2) is 0 Å². The van der Waals surface area contributed by atoms with Crippen molar-refractivity contribution in [3.8, 4) is 0 Å². The largest absolute Gasteiger partial charge is 0.361 e. The molecule has 0 aliphatic heterocycles. The number of thiocarbonyl (C=S) groups is 1. The van der Waals surface area contributed by atoms with Crippen LogP contribution in [-0.2, 0) is 0 Å². The zero-order valence-corrected chi connectivity index (χ0v) is 6.09. The minimum absolute atomic E-state index is 0.620. The standard InChI is InChI=1S/C5H11N2S/c1-3-6-5(8)7-4-2/h3-4H2,1-2H3,(H,6,8). The highest BCUT2D eigenvalue weighted by atomic mass is 32.1. The van der Waals surface area contributed by atoms with Gasteiger partial charge in [0.2, 0.25) is 0 Å². The highest BCUT2D eigenvalue weighted by molar-refractivity contribution is 7.80. The Balaban J connectivity index is 3.06. The Morgan fingerprint density at radius 1 is 1.62 bits per heavy atom. The average Bonchev–Trinajstić information content (AvgIpc) is 1.68. The summed E-state index contributed by atoms with van der Waals surface area (Å²) in [6.07, 6.45) is 0. The Hall–Kier alpha value is -0.310. The first kappa shape index (κ1) is 7.69. The lowest BCUT2D eigenvalue weighted by molar-refractivity contribution is 0.873. The van der Waals surface area contributed by atoms with Crippen molar-refractivity contribution < 1.29 is 0 Å². The van der Waals surface area contributed by atoms with Crippen LogP contribution in [0.2, 0.25) is 0 Å². The van der Waals surface area contributed by atoms with Gasteiger partial charge >= 0.3 is 0 Å². The normalized spacial score (nSPS) is 8.25. The van der Waals surface area contributed by atoms with Crippen LogP contribution in [0.1, 0.15) is 13.8 Å². The van der Waals surface area contributed by atoms with Crippen LogP contribution in [0.4, 0.5) is 0 Å². The Morgan fingerprint density at radius 2 is 2.25 bits per heavy atom. The zero-order valence-electron chi connectivity index (χ0n) is 5.27. The van der Waals surface area contributed by atoms with E-state index in [1.165, 1.54) is 0 Å². The maximum Gasteiger partial charge on any atom is 0.188 e. The van der Waals surface area contributed by atoms with Crippen LogP contribution in [0.3, 0.4) is 0 Å². The lowest BCUT2D eigenvalue weighted by Crippen LogP contribution is -2.29. The molecule has 3 heteroatoms. The molecule has 0 saturated heterocycles. The molecule has 0 bridgehead atoms. The second-order valence-corrected chi connectivity index (χ2v) is 1.70. The fourth-order valence-corrected chi connectivity index (χ4v) is 0.624. The summed E-state index contributed by atoms with van der Waals surface area (Å²) in [4.78, 5) is 0. The first-order valence-electron chi connectivity index (χ1n) is 2.76. The first-order chi connectivity index (χ1) is 3.81. The smallest absolute Gasteiger partial charge is 0.188 e. The van der Waals surface area contributed by atoms with E-state index in [-0.39, 0.29) is 0 Å². The Labute approximate surface area is 55.7 Å². The summed E-state index contributed by atoms with van der Waals surface area (Å²) in [5.74, 6) is 0. The number of hydrogen-bond donors (Lipinski definition) is 1. The van der Waals surface area contributed by atoms with E-state index in [2.05, 4.69) is 10.6 Å². The minimum atomic E-state index is 0.620. The summed E-state index contributed by atoms with van der Waals surface area (Å²) >= 11 is 4.77. The van der Waals surface area contributed by atoms with Gasteiger partial charge in [-0.1, -0.05) is 0 Å². The SMILES string of the molecule is CC[N]C(=S)NCC. The van der Waals surface area contributed by atoms with Gasteiger partial charge in [-0.3, -0.25) is 5.32 Å². The predicted octanol–water partition coefficient (Wildman–Crippen LogP) is 0.505. The summed E-state index contributed by atoms with van der Waals surface area (Å²) in [5.41, 5.74) is 0. The van der Waals surface area contributed by atoms with Gasteiger partial charge in [-0.05, 0) is 26.1 Å². The van der Waals surface area contributed by atoms with Gasteiger partial charge in [-0.2, -0.15) is 0 Å².